The van der Waals surface area contributed by atoms with E-state index in [1.807, 2.05) is 0 Å². The fraction of sp³-hybridized carbons (Fsp3) is 0.250. The molecule has 1 aromatic heterocycles. The van der Waals surface area contributed by atoms with Gasteiger partial charge >= 0.3 is 0 Å². The lowest BCUT2D eigenvalue weighted by Gasteiger charge is -2.22. The zero-order valence-corrected chi connectivity index (χ0v) is 16.0. The van der Waals surface area contributed by atoms with Crippen LogP contribution in [0.1, 0.15) is 11.4 Å². The highest BCUT2D eigenvalue weighted by molar-refractivity contribution is 6.31. The van der Waals surface area contributed by atoms with Crippen LogP contribution in [0.15, 0.2) is 47.3 Å². The number of nitrogens with zero attached hydrogens (tertiary/aromatic N) is 2. The number of hydrogen-bond acceptors (Lipinski definition) is 4. The molecule has 8 heteroatoms. The van der Waals surface area contributed by atoms with E-state index in [1.165, 1.54) is 30.2 Å². The summed E-state index contributed by atoms with van der Waals surface area (Å²) in [6, 6.07) is 11.2. The number of hydrogen-bond donors (Lipinski definition) is 1. The molecule has 2 aromatic carbocycles. The number of aromatic amines is 1. The van der Waals surface area contributed by atoms with Gasteiger partial charge < -0.3 is 14.6 Å². The van der Waals surface area contributed by atoms with Crippen LogP contribution in [0.25, 0.3) is 10.9 Å². The molecular weight excluding hydrogens is 385 g/mol. The van der Waals surface area contributed by atoms with E-state index < -0.39 is 5.82 Å². The monoisotopic (exact) mass is 403 g/mol. The van der Waals surface area contributed by atoms with E-state index in [2.05, 4.69) is 9.97 Å². The summed E-state index contributed by atoms with van der Waals surface area (Å²) in [7, 11) is 1.52. The van der Waals surface area contributed by atoms with Gasteiger partial charge in [0.25, 0.3) is 5.56 Å². The van der Waals surface area contributed by atoms with Crippen LogP contribution in [0.2, 0.25) is 5.02 Å². The smallest absolute Gasteiger partial charge is 0.258 e. The minimum Gasteiger partial charge on any atom is -0.383 e. The van der Waals surface area contributed by atoms with Crippen molar-refractivity contribution in [2.45, 2.75) is 13.0 Å². The third kappa shape index (κ3) is 4.55. The van der Waals surface area contributed by atoms with Gasteiger partial charge in [-0.25, -0.2) is 9.37 Å². The van der Waals surface area contributed by atoms with Crippen LogP contribution < -0.4 is 5.56 Å². The lowest BCUT2D eigenvalue weighted by Crippen LogP contribution is -2.36. The molecule has 3 rings (SSSR count). The molecule has 28 heavy (non-hydrogen) atoms. The van der Waals surface area contributed by atoms with Crippen molar-refractivity contribution < 1.29 is 13.9 Å². The second-order valence-electron chi connectivity index (χ2n) is 6.21. The number of carbonyl (C=O) groups excluding carboxylic acids is 1. The molecule has 0 atom stereocenters. The Bertz CT molecular complexity index is 1030. The van der Waals surface area contributed by atoms with Gasteiger partial charge in [-0.3, -0.25) is 9.59 Å². The Morgan fingerprint density at radius 2 is 2.04 bits per heavy atom. The van der Waals surface area contributed by atoms with Gasteiger partial charge in [-0.15, -0.1) is 0 Å². The minimum absolute atomic E-state index is 0.0638. The van der Waals surface area contributed by atoms with Crippen molar-refractivity contribution in [3.63, 3.8) is 0 Å². The topological polar surface area (TPSA) is 75.3 Å². The molecule has 0 bridgehead atoms. The Kier molecular flexibility index (Phi) is 6.38. The molecule has 1 heterocycles. The van der Waals surface area contributed by atoms with Gasteiger partial charge in [-0.2, -0.15) is 0 Å². The van der Waals surface area contributed by atoms with Crippen LogP contribution in [0, 0.1) is 5.82 Å². The Hall–Kier alpha value is -2.77. The van der Waals surface area contributed by atoms with Crippen molar-refractivity contribution in [2.75, 3.05) is 20.3 Å². The van der Waals surface area contributed by atoms with E-state index >= 15 is 0 Å². The minimum atomic E-state index is -0.537. The highest BCUT2D eigenvalue weighted by Gasteiger charge is 2.19. The maximum Gasteiger partial charge on any atom is 0.258 e. The molecule has 0 spiro atoms. The number of carbonyl (C=O) groups is 1. The van der Waals surface area contributed by atoms with E-state index in [9.17, 15) is 14.0 Å². The number of aromatic nitrogens is 2. The van der Waals surface area contributed by atoms with Crippen molar-refractivity contribution >= 4 is 28.4 Å². The fourth-order valence-corrected chi connectivity index (χ4v) is 3.08. The molecule has 0 aliphatic heterocycles. The predicted molar refractivity (Wildman–Crippen MR) is 105 cm³/mol. The largest absolute Gasteiger partial charge is 0.383 e. The Morgan fingerprint density at radius 3 is 2.79 bits per heavy atom. The van der Waals surface area contributed by atoms with Gasteiger partial charge in [-0.05, 0) is 24.3 Å². The van der Waals surface area contributed by atoms with Gasteiger partial charge in [0, 0.05) is 24.2 Å². The number of para-hydroxylation sites is 1. The summed E-state index contributed by atoms with van der Waals surface area (Å²) in [6.07, 6.45) is -0.201. The number of amides is 1. The summed E-state index contributed by atoms with van der Waals surface area (Å²) >= 11 is 6.03. The van der Waals surface area contributed by atoms with E-state index in [0.717, 1.165) is 0 Å². The van der Waals surface area contributed by atoms with Gasteiger partial charge in [0.1, 0.15) is 11.6 Å². The number of nitrogens with one attached hydrogen (secondary N) is 1. The number of halogens is 2. The first-order valence-electron chi connectivity index (χ1n) is 8.67. The number of methoxy groups -OCH3 is 1. The third-order valence-corrected chi connectivity index (χ3v) is 4.66. The van der Waals surface area contributed by atoms with Gasteiger partial charge in [0.2, 0.25) is 5.91 Å². The van der Waals surface area contributed by atoms with Crippen molar-refractivity contribution in [1.82, 2.24) is 14.9 Å². The summed E-state index contributed by atoms with van der Waals surface area (Å²) in [5.41, 5.74) is 0.394. The van der Waals surface area contributed by atoms with E-state index in [1.54, 1.807) is 24.3 Å². The molecular formula is C20H19ClFN3O3. The summed E-state index contributed by atoms with van der Waals surface area (Å²) in [6.45, 7) is 0.612. The highest BCUT2D eigenvalue weighted by atomic mass is 35.5. The molecule has 1 amide bonds. The van der Waals surface area contributed by atoms with Crippen LogP contribution in [0.3, 0.4) is 0 Å². The highest BCUT2D eigenvalue weighted by Crippen LogP contribution is 2.20. The first kappa shape index (κ1) is 20.0. The zero-order valence-electron chi connectivity index (χ0n) is 15.2. The lowest BCUT2D eigenvalue weighted by molar-refractivity contribution is -0.131. The van der Waals surface area contributed by atoms with E-state index in [-0.39, 0.29) is 48.2 Å². The Balaban J connectivity index is 1.86. The predicted octanol–water partition coefficient (Wildman–Crippen LogP) is 2.93. The van der Waals surface area contributed by atoms with Crippen molar-refractivity contribution in [3.05, 3.63) is 75.0 Å². The average molecular weight is 404 g/mol. The van der Waals surface area contributed by atoms with Crippen molar-refractivity contribution in [1.29, 1.82) is 0 Å². The molecule has 0 radical (unpaired) electrons. The van der Waals surface area contributed by atoms with E-state index in [4.69, 9.17) is 16.3 Å². The molecule has 0 unspecified atom stereocenters. The quantitative estimate of drug-likeness (QED) is 0.658. The molecule has 0 fully saturated rings. The number of rotatable bonds is 7. The van der Waals surface area contributed by atoms with Gasteiger partial charge in [0.05, 0.1) is 30.5 Å². The number of fused-ring (bicyclic) bond motifs is 1. The Labute approximate surface area is 165 Å². The number of H-pyrrole nitrogens is 1. The lowest BCUT2D eigenvalue weighted by atomic mass is 10.1. The van der Waals surface area contributed by atoms with Crippen LogP contribution >= 0.6 is 11.6 Å². The van der Waals surface area contributed by atoms with Gasteiger partial charge in [0.15, 0.2) is 0 Å². The second kappa shape index (κ2) is 8.95. The number of benzene rings is 2. The molecule has 0 aliphatic carbocycles. The van der Waals surface area contributed by atoms with Gasteiger partial charge in [-0.1, -0.05) is 29.8 Å². The number of ether oxygens (including phenoxy) is 1. The van der Waals surface area contributed by atoms with E-state index in [0.29, 0.717) is 16.7 Å². The molecule has 3 aromatic rings. The summed E-state index contributed by atoms with van der Waals surface area (Å²) in [5, 5.41) is 0.663. The molecule has 0 saturated carbocycles. The fourth-order valence-electron chi connectivity index (χ4n) is 2.85. The zero-order chi connectivity index (χ0) is 20.1. The SMILES string of the molecule is COCCN(Cc1nc2ccccc2c(=O)[nH]1)C(=O)Cc1c(F)cccc1Cl. The molecule has 1 N–H and O–H groups in total. The maximum absolute atomic E-state index is 14.0. The van der Waals surface area contributed by atoms with Crippen molar-refractivity contribution in [3.8, 4) is 0 Å². The normalized spacial score (nSPS) is 11.0. The standard InChI is InChI=1S/C20H19ClFN3O3/c1-28-10-9-25(19(26)11-14-15(21)6-4-7-16(14)22)12-18-23-17-8-3-2-5-13(17)20(27)24-18/h2-8H,9-12H2,1H3,(H,23,24,27). The summed E-state index contributed by atoms with van der Waals surface area (Å²) in [4.78, 5) is 33.6. The molecule has 0 saturated heterocycles. The third-order valence-electron chi connectivity index (χ3n) is 4.31. The first-order chi connectivity index (χ1) is 13.5. The average Bonchev–Trinajstić information content (AvgIpc) is 2.68. The van der Waals surface area contributed by atoms with Crippen LogP contribution in [-0.2, 0) is 22.5 Å². The van der Waals surface area contributed by atoms with Crippen LogP contribution in [-0.4, -0.2) is 41.0 Å². The maximum atomic E-state index is 14.0. The molecule has 0 aliphatic rings. The van der Waals surface area contributed by atoms with Crippen LogP contribution in [0.5, 0.6) is 0 Å². The Morgan fingerprint density at radius 1 is 1.25 bits per heavy atom. The van der Waals surface area contributed by atoms with Crippen LogP contribution in [0.4, 0.5) is 4.39 Å². The summed E-state index contributed by atoms with van der Waals surface area (Å²) < 4.78 is 19.1. The first-order valence-corrected chi connectivity index (χ1v) is 9.05. The second-order valence-corrected chi connectivity index (χ2v) is 6.62. The molecule has 146 valence electrons. The summed E-state index contributed by atoms with van der Waals surface area (Å²) in [5.74, 6) is -0.544. The molecule has 6 nitrogen and oxygen atoms in total. The van der Waals surface area contributed by atoms with Crippen molar-refractivity contribution in [2.24, 2.45) is 0 Å².